The minimum Gasteiger partial charge on any atom is -0.465 e. The molecule has 0 amide bonds. The summed E-state index contributed by atoms with van der Waals surface area (Å²) >= 11 is 0. The maximum atomic E-state index is 11.5. The summed E-state index contributed by atoms with van der Waals surface area (Å²) in [4.78, 5) is 11.5. The van der Waals surface area contributed by atoms with Crippen LogP contribution in [0.1, 0.15) is 43.6 Å². The van der Waals surface area contributed by atoms with Crippen molar-refractivity contribution >= 4 is 11.7 Å². The first-order chi connectivity index (χ1) is 10.6. The van der Waals surface area contributed by atoms with Gasteiger partial charge >= 0.3 is 5.97 Å². The van der Waals surface area contributed by atoms with Crippen molar-refractivity contribution in [1.82, 2.24) is 0 Å². The number of esters is 1. The standard InChI is InChI=1S/C15H15NO2.2C2H6/c1-10-3-5-11(6-4-10)12-7-13(15(17)18-2)9-14(16)8-12;2*1-2/h3-9H,16H2,1-2H3;2*1-2H3. The lowest BCUT2D eigenvalue weighted by molar-refractivity contribution is 0.0601. The Hall–Kier alpha value is -2.29. The number of nitrogens with two attached hydrogens (primary N) is 1. The number of rotatable bonds is 2. The molecule has 120 valence electrons. The third-order valence-corrected chi connectivity index (χ3v) is 2.76. The Morgan fingerprint density at radius 3 is 1.95 bits per heavy atom. The van der Waals surface area contributed by atoms with Gasteiger partial charge in [0.05, 0.1) is 12.7 Å². The zero-order valence-electron chi connectivity index (χ0n) is 14.4. The Morgan fingerprint density at radius 1 is 0.909 bits per heavy atom. The van der Waals surface area contributed by atoms with Crippen molar-refractivity contribution in [1.29, 1.82) is 0 Å². The molecule has 0 aliphatic heterocycles. The molecule has 2 aromatic rings. The van der Waals surface area contributed by atoms with E-state index < -0.39 is 0 Å². The van der Waals surface area contributed by atoms with Gasteiger partial charge in [-0.3, -0.25) is 0 Å². The number of hydrogen-bond acceptors (Lipinski definition) is 3. The molecule has 0 heterocycles. The van der Waals surface area contributed by atoms with Gasteiger partial charge in [0, 0.05) is 5.69 Å². The molecule has 2 aromatic carbocycles. The van der Waals surface area contributed by atoms with Gasteiger partial charge in [-0.1, -0.05) is 57.5 Å². The van der Waals surface area contributed by atoms with Crippen LogP contribution in [0.25, 0.3) is 11.1 Å². The number of carbonyl (C=O) groups is 1. The number of nitrogen functional groups attached to an aromatic ring is 1. The van der Waals surface area contributed by atoms with Crippen LogP contribution >= 0.6 is 0 Å². The van der Waals surface area contributed by atoms with E-state index in [0.717, 1.165) is 11.1 Å². The molecule has 3 nitrogen and oxygen atoms in total. The minimum atomic E-state index is -0.379. The van der Waals surface area contributed by atoms with Crippen molar-refractivity contribution in [2.24, 2.45) is 0 Å². The summed E-state index contributed by atoms with van der Waals surface area (Å²) in [6, 6.07) is 13.3. The highest BCUT2D eigenvalue weighted by molar-refractivity contribution is 5.92. The molecule has 22 heavy (non-hydrogen) atoms. The Bertz CT molecular complexity index is 574. The van der Waals surface area contributed by atoms with Crippen molar-refractivity contribution in [2.45, 2.75) is 34.6 Å². The van der Waals surface area contributed by atoms with Crippen LogP contribution in [0.15, 0.2) is 42.5 Å². The van der Waals surface area contributed by atoms with E-state index in [-0.39, 0.29) is 5.97 Å². The number of hydrogen-bond donors (Lipinski definition) is 1. The first kappa shape index (κ1) is 19.7. The van der Waals surface area contributed by atoms with Crippen LogP contribution in [0.3, 0.4) is 0 Å². The van der Waals surface area contributed by atoms with Crippen LogP contribution in [-0.2, 0) is 4.74 Å². The molecule has 0 aliphatic rings. The van der Waals surface area contributed by atoms with Crippen LogP contribution in [0, 0.1) is 6.92 Å². The Kier molecular flexibility index (Phi) is 9.35. The van der Waals surface area contributed by atoms with Gasteiger partial charge in [0.25, 0.3) is 0 Å². The predicted octanol–water partition coefficient (Wildman–Crippen LogP) is 5.08. The molecule has 3 heteroatoms. The fraction of sp³-hybridized carbons (Fsp3) is 0.316. The van der Waals surface area contributed by atoms with Crippen molar-refractivity contribution in [2.75, 3.05) is 12.8 Å². The smallest absolute Gasteiger partial charge is 0.337 e. The maximum Gasteiger partial charge on any atom is 0.337 e. The highest BCUT2D eigenvalue weighted by atomic mass is 16.5. The van der Waals surface area contributed by atoms with E-state index in [1.807, 2.05) is 65.0 Å². The van der Waals surface area contributed by atoms with E-state index in [9.17, 15) is 4.79 Å². The van der Waals surface area contributed by atoms with Crippen LogP contribution < -0.4 is 5.73 Å². The average molecular weight is 301 g/mol. The Labute approximate surface area is 134 Å². The number of ether oxygens (including phenoxy) is 1. The molecule has 0 unspecified atom stereocenters. The lowest BCUT2D eigenvalue weighted by Gasteiger charge is -2.07. The highest BCUT2D eigenvalue weighted by Gasteiger charge is 2.08. The molecule has 0 radical (unpaired) electrons. The maximum absolute atomic E-state index is 11.5. The van der Waals surface area contributed by atoms with Gasteiger partial charge in [-0.25, -0.2) is 4.79 Å². The molecule has 0 bridgehead atoms. The molecule has 2 rings (SSSR count). The fourth-order valence-corrected chi connectivity index (χ4v) is 1.80. The summed E-state index contributed by atoms with van der Waals surface area (Å²) in [5, 5.41) is 0. The molecule has 2 N–H and O–H groups in total. The van der Waals surface area contributed by atoms with Gasteiger partial charge in [-0.05, 0) is 36.2 Å². The van der Waals surface area contributed by atoms with Crippen LogP contribution in [0.2, 0.25) is 0 Å². The number of anilines is 1. The van der Waals surface area contributed by atoms with E-state index in [1.54, 1.807) is 12.1 Å². The zero-order valence-corrected chi connectivity index (χ0v) is 14.4. The lowest BCUT2D eigenvalue weighted by Crippen LogP contribution is -2.02. The van der Waals surface area contributed by atoms with Gasteiger partial charge in [0.15, 0.2) is 0 Å². The predicted molar refractivity (Wildman–Crippen MR) is 95.1 cm³/mol. The summed E-state index contributed by atoms with van der Waals surface area (Å²) in [6.45, 7) is 10.0. The number of methoxy groups -OCH3 is 1. The summed E-state index contributed by atoms with van der Waals surface area (Å²) in [5.41, 5.74) is 9.96. The fourth-order valence-electron chi connectivity index (χ4n) is 1.80. The number of aryl methyl sites for hydroxylation is 1. The van der Waals surface area contributed by atoms with Crippen LogP contribution in [0.4, 0.5) is 5.69 Å². The Morgan fingerprint density at radius 2 is 1.45 bits per heavy atom. The van der Waals surface area contributed by atoms with Gasteiger partial charge in [-0.2, -0.15) is 0 Å². The SMILES string of the molecule is CC.CC.COC(=O)c1cc(N)cc(-c2ccc(C)cc2)c1. The first-order valence-electron chi connectivity index (χ1n) is 7.66. The summed E-state index contributed by atoms with van der Waals surface area (Å²) < 4.78 is 4.71. The normalized spacial score (nSPS) is 8.82. The van der Waals surface area contributed by atoms with E-state index >= 15 is 0 Å². The van der Waals surface area contributed by atoms with E-state index in [0.29, 0.717) is 11.3 Å². The van der Waals surface area contributed by atoms with Gasteiger partial charge in [-0.15, -0.1) is 0 Å². The van der Waals surface area contributed by atoms with Gasteiger partial charge in [0.1, 0.15) is 0 Å². The largest absolute Gasteiger partial charge is 0.465 e. The van der Waals surface area contributed by atoms with Crippen LogP contribution in [0.5, 0.6) is 0 Å². The number of carbonyl (C=O) groups excluding carboxylic acids is 1. The molecular formula is C19H27NO2. The highest BCUT2D eigenvalue weighted by Crippen LogP contribution is 2.24. The topological polar surface area (TPSA) is 52.3 Å². The molecular weight excluding hydrogens is 274 g/mol. The van der Waals surface area contributed by atoms with Crippen LogP contribution in [-0.4, -0.2) is 13.1 Å². The lowest BCUT2D eigenvalue weighted by atomic mass is 10.0. The summed E-state index contributed by atoms with van der Waals surface area (Å²) in [6.07, 6.45) is 0. The first-order valence-corrected chi connectivity index (χ1v) is 7.66. The van der Waals surface area contributed by atoms with E-state index in [1.165, 1.54) is 12.7 Å². The molecule has 0 fully saturated rings. The van der Waals surface area contributed by atoms with Crippen molar-refractivity contribution < 1.29 is 9.53 Å². The van der Waals surface area contributed by atoms with E-state index in [4.69, 9.17) is 10.5 Å². The molecule has 0 atom stereocenters. The number of benzene rings is 2. The monoisotopic (exact) mass is 301 g/mol. The second-order valence-electron chi connectivity index (χ2n) is 4.20. The average Bonchev–Trinajstić information content (AvgIpc) is 2.58. The minimum absolute atomic E-state index is 0.379. The second-order valence-corrected chi connectivity index (χ2v) is 4.20. The quantitative estimate of drug-likeness (QED) is 0.621. The molecule has 0 spiro atoms. The molecule has 0 aliphatic carbocycles. The zero-order chi connectivity index (χ0) is 17.1. The van der Waals surface area contributed by atoms with Crippen molar-refractivity contribution in [3.05, 3.63) is 53.6 Å². The second kappa shape index (κ2) is 10.4. The third-order valence-electron chi connectivity index (χ3n) is 2.76. The van der Waals surface area contributed by atoms with Crippen molar-refractivity contribution in [3.8, 4) is 11.1 Å². The third kappa shape index (κ3) is 5.60. The summed E-state index contributed by atoms with van der Waals surface area (Å²) in [7, 11) is 1.36. The Balaban J connectivity index is 0.00000102. The van der Waals surface area contributed by atoms with Gasteiger partial charge < -0.3 is 10.5 Å². The van der Waals surface area contributed by atoms with E-state index in [2.05, 4.69) is 0 Å². The molecule has 0 saturated heterocycles. The summed E-state index contributed by atoms with van der Waals surface area (Å²) in [5.74, 6) is -0.379. The van der Waals surface area contributed by atoms with Gasteiger partial charge in [0.2, 0.25) is 0 Å². The molecule has 0 aromatic heterocycles. The molecule has 0 saturated carbocycles. The van der Waals surface area contributed by atoms with Crippen molar-refractivity contribution in [3.63, 3.8) is 0 Å².